The first-order valence-corrected chi connectivity index (χ1v) is 19.2. The van der Waals surface area contributed by atoms with E-state index >= 15 is 4.39 Å². The van der Waals surface area contributed by atoms with Crippen LogP contribution >= 0.6 is 0 Å². The topological polar surface area (TPSA) is 108 Å². The Bertz CT molecular complexity index is 2740. The third kappa shape index (κ3) is 5.78. The van der Waals surface area contributed by atoms with E-state index in [-0.39, 0.29) is 23.0 Å². The van der Waals surface area contributed by atoms with E-state index in [4.69, 9.17) is 9.84 Å². The highest BCUT2D eigenvalue weighted by atomic mass is 19.1. The van der Waals surface area contributed by atoms with Gasteiger partial charge < -0.3 is 14.6 Å². The molecule has 1 amide bonds. The number of hydrogen-bond acceptors (Lipinski definition) is 5. The highest BCUT2D eigenvalue weighted by Crippen LogP contribution is 2.39. The smallest absolute Gasteiger partial charge is 0.337 e. The van der Waals surface area contributed by atoms with Crippen LogP contribution in [0.5, 0.6) is 0 Å². The first-order valence-electron chi connectivity index (χ1n) is 19.2. The average Bonchev–Trinajstić information content (AvgIpc) is 3.93. The summed E-state index contributed by atoms with van der Waals surface area (Å²) in [4.78, 5) is 34.2. The minimum atomic E-state index is -0.568. The molecule has 0 aliphatic carbocycles. The third-order valence-corrected chi connectivity index (χ3v) is 11.7. The molecule has 9 rings (SSSR count). The molecule has 7 aromatic rings. The maximum absolute atomic E-state index is 16.0. The summed E-state index contributed by atoms with van der Waals surface area (Å²) in [6.45, 7) is 11.2. The fourth-order valence-electron chi connectivity index (χ4n) is 8.86. The van der Waals surface area contributed by atoms with Gasteiger partial charge >= 0.3 is 5.69 Å². The molecule has 0 unspecified atom stereocenters. The van der Waals surface area contributed by atoms with Crippen LogP contribution in [0.25, 0.3) is 44.4 Å². The molecule has 11 nitrogen and oxygen atoms in total. The predicted molar refractivity (Wildman–Crippen MR) is 211 cm³/mol. The normalized spacial score (nSPS) is 18.5. The van der Waals surface area contributed by atoms with Gasteiger partial charge in [0.15, 0.2) is 5.82 Å². The lowest BCUT2D eigenvalue weighted by molar-refractivity contribution is -0.0592. The zero-order chi connectivity index (χ0) is 39.2. The molecule has 6 heterocycles. The first kappa shape index (κ1) is 35.9. The van der Waals surface area contributed by atoms with Gasteiger partial charge in [-0.2, -0.15) is 10.2 Å². The quantitative estimate of drug-likeness (QED) is 0.191. The van der Waals surface area contributed by atoms with Gasteiger partial charge in [-0.05, 0) is 119 Å². The van der Waals surface area contributed by atoms with Gasteiger partial charge in [-0.1, -0.05) is 6.07 Å². The molecule has 1 saturated heterocycles. The maximum atomic E-state index is 16.0. The second-order valence-electron chi connectivity index (χ2n) is 16.0. The number of aromatic nitrogens is 7. The van der Waals surface area contributed by atoms with Crippen molar-refractivity contribution in [1.82, 2.24) is 38.6 Å². The molecule has 0 radical (unpaired) electrons. The van der Waals surface area contributed by atoms with Crippen LogP contribution in [0.3, 0.4) is 0 Å². The number of rotatable bonds is 5. The summed E-state index contributed by atoms with van der Waals surface area (Å²) in [6, 6.07) is 14.5. The molecular weight excluding hydrogens is 715 g/mol. The van der Waals surface area contributed by atoms with Crippen LogP contribution in [0, 0.1) is 25.5 Å². The highest BCUT2D eigenvalue weighted by molar-refractivity contribution is 5.98. The number of hydrogen-bond donors (Lipinski definition) is 1. The summed E-state index contributed by atoms with van der Waals surface area (Å²) in [7, 11) is 1.73. The standard InChI is InChI=1S/C43H44F2N8O3/c1-24-18-30(19-25(2)36(24)44)38-40(52-16-15-51(42(52)55)35-11-10-34-31(37(35)45)23-46-49(34)6)39-26(3)50(13-7-14-53(39)48-38)41(54)33-21-29-20-27(8-9-32(29)47-33)28-12-17-56-43(4,5)22-28/h8-11,15-16,18-21,23,26,28,47H,7,12-14,17,22H2,1-6H3/t26-,28-/m0/s1. The van der Waals surface area contributed by atoms with E-state index in [1.54, 1.807) is 56.0 Å². The molecule has 288 valence electrons. The van der Waals surface area contributed by atoms with E-state index in [1.165, 1.54) is 27.1 Å². The van der Waals surface area contributed by atoms with Crippen LogP contribution in [-0.2, 0) is 18.3 Å². The van der Waals surface area contributed by atoms with Crippen LogP contribution in [0.2, 0.25) is 0 Å². The van der Waals surface area contributed by atoms with Crippen molar-refractivity contribution in [3.8, 4) is 22.6 Å². The predicted octanol–water partition coefficient (Wildman–Crippen LogP) is 8.03. The molecule has 2 aliphatic heterocycles. The highest BCUT2D eigenvalue weighted by Gasteiger charge is 2.35. The van der Waals surface area contributed by atoms with Gasteiger partial charge in [0.1, 0.15) is 22.9 Å². The summed E-state index contributed by atoms with van der Waals surface area (Å²) in [5.41, 5.74) is 5.64. The Hall–Kier alpha value is -5.82. The number of carbonyl (C=O) groups excluding carboxylic acids is 1. The van der Waals surface area contributed by atoms with E-state index in [2.05, 4.69) is 36.1 Å². The lowest BCUT2D eigenvalue weighted by atomic mass is 9.83. The van der Waals surface area contributed by atoms with Crippen molar-refractivity contribution in [2.24, 2.45) is 7.05 Å². The largest absolute Gasteiger partial charge is 0.376 e. The molecular formula is C43H44F2N8O3. The van der Waals surface area contributed by atoms with Crippen molar-refractivity contribution in [3.05, 3.63) is 117 Å². The zero-order valence-corrected chi connectivity index (χ0v) is 32.4. The summed E-state index contributed by atoms with van der Waals surface area (Å²) in [5.74, 6) is -0.679. The Morgan fingerprint density at radius 1 is 0.982 bits per heavy atom. The minimum absolute atomic E-state index is 0.0786. The number of fused-ring (bicyclic) bond motifs is 3. The van der Waals surface area contributed by atoms with Gasteiger partial charge in [0.25, 0.3) is 5.91 Å². The number of nitrogens with zero attached hydrogens (tertiary/aromatic N) is 7. The van der Waals surface area contributed by atoms with Crippen molar-refractivity contribution >= 4 is 27.7 Å². The van der Waals surface area contributed by atoms with E-state index in [0.29, 0.717) is 75.8 Å². The molecule has 0 spiro atoms. The van der Waals surface area contributed by atoms with Gasteiger partial charge in [-0.3, -0.25) is 23.3 Å². The second kappa shape index (κ2) is 13.1. The monoisotopic (exact) mass is 758 g/mol. The molecule has 13 heteroatoms. The Kier molecular flexibility index (Phi) is 8.42. The molecule has 2 aliphatic rings. The number of nitrogens with one attached hydrogen (secondary N) is 1. The van der Waals surface area contributed by atoms with E-state index in [1.807, 2.05) is 28.6 Å². The number of halogens is 2. The van der Waals surface area contributed by atoms with E-state index in [0.717, 1.165) is 30.4 Å². The number of H-pyrrole nitrogens is 1. The molecule has 1 fully saturated rings. The van der Waals surface area contributed by atoms with Crippen LogP contribution in [0.15, 0.2) is 71.9 Å². The van der Waals surface area contributed by atoms with Crippen LogP contribution < -0.4 is 5.69 Å². The number of benzene rings is 3. The van der Waals surface area contributed by atoms with Crippen LogP contribution in [-0.4, -0.2) is 63.2 Å². The average molecular weight is 759 g/mol. The molecule has 4 aromatic heterocycles. The van der Waals surface area contributed by atoms with Gasteiger partial charge in [0.2, 0.25) is 0 Å². The first-order chi connectivity index (χ1) is 26.8. The maximum Gasteiger partial charge on any atom is 0.337 e. The van der Waals surface area contributed by atoms with Crippen molar-refractivity contribution < 1.29 is 18.3 Å². The zero-order valence-electron chi connectivity index (χ0n) is 32.4. The van der Waals surface area contributed by atoms with Gasteiger partial charge in [0.05, 0.1) is 40.1 Å². The number of aryl methyl sites for hydroxylation is 4. The van der Waals surface area contributed by atoms with Gasteiger partial charge in [-0.25, -0.2) is 13.6 Å². The van der Waals surface area contributed by atoms with Crippen LogP contribution in [0.1, 0.15) is 84.9 Å². The van der Waals surface area contributed by atoms with Gasteiger partial charge in [-0.15, -0.1) is 0 Å². The lowest BCUT2D eigenvalue weighted by Crippen LogP contribution is -2.34. The number of aromatic amines is 1. The minimum Gasteiger partial charge on any atom is -0.376 e. The van der Waals surface area contributed by atoms with Crippen molar-refractivity contribution in [2.75, 3.05) is 13.2 Å². The number of amides is 1. The molecule has 1 N–H and O–H groups in total. The number of ether oxygens (including phenoxy) is 1. The summed E-state index contributed by atoms with van der Waals surface area (Å²) in [6.07, 6.45) is 7.06. The molecule has 0 saturated carbocycles. The van der Waals surface area contributed by atoms with E-state index in [9.17, 15) is 14.0 Å². The SMILES string of the molecule is Cc1cc(-c2nn3c(c2-n2ccn(-c4ccc5c(cnn5C)c4F)c2=O)[C@H](C)N(C(=O)c2cc4cc([C@H]5CCOC(C)(C)C5)ccc4[nH]2)CCC3)cc(C)c1F. The Labute approximate surface area is 322 Å². The molecule has 2 atom stereocenters. The van der Waals surface area contributed by atoms with Crippen LogP contribution in [0.4, 0.5) is 8.78 Å². The summed E-state index contributed by atoms with van der Waals surface area (Å²) in [5, 5.41) is 10.5. The Morgan fingerprint density at radius 2 is 1.75 bits per heavy atom. The van der Waals surface area contributed by atoms with Crippen molar-refractivity contribution in [3.63, 3.8) is 0 Å². The Balaban J connectivity index is 1.14. The fraction of sp³-hybridized carbons (Fsp3) is 0.349. The Morgan fingerprint density at radius 3 is 2.52 bits per heavy atom. The lowest BCUT2D eigenvalue weighted by Gasteiger charge is -2.35. The molecule has 0 bridgehead atoms. The van der Waals surface area contributed by atoms with Crippen molar-refractivity contribution in [1.29, 1.82) is 0 Å². The second-order valence-corrected chi connectivity index (χ2v) is 16.0. The summed E-state index contributed by atoms with van der Waals surface area (Å²) >= 11 is 0. The van der Waals surface area contributed by atoms with Crippen molar-refractivity contribution in [2.45, 2.75) is 78.0 Å². The molecule has 56 heavy (non-hydrogen) atoms. The summed E-state index contributed by atoms with van der Waals surface area (Å²) < 4.78 is 43.0. The van der Waals surface area contributed by atoms with Gasteiger partial charge in [0, 0.05) is 55.6 Å². The molecule has 3 aromatic carbocycles. The third-order valence-electron chi connectivity index (χ3n) is 11.7. The van der Waals surface area contributed by atoms with E-state index < -0.39 is 17.5 Å². The fourth-order valence-corrected chi connectivity index (χ4v) is 8.86. The number of carbonyl (C=O) groups is 1. The number of imidazole rings is 1.